The molecule has 5 nitrogen and oxygen atoms in total. The van der Waals surface area contributed by atoms with Crippen LogP contribution in [0.3, 0.4) is 0 Å². The summed E-state index contributed by atoms with van der Waals surface area (Å²) in [5.41, 5.74) is 1.33. The number of rotatable bonds is 6. The van der Waals surface area contributed by atoms with Crippen LogP contribution in [0.15, 0.2) is 35.3 Å². The summed E-state index contributed by atoms with van der Waals surface area (Å²) >= 11 is 0. The quantitative estimate of drug-likeness (QED) is 0.372. The maximum Gasteiger partial charge on any atom is 0.191 e. The van der Waals surface area contributed by atoms with E-state index in [1.54, 1.807) is 7.05 Å². The van der Waals surface area contributed by atoms with Crippen LogP contribution in [-0.2, 0) is 4.74 Å². The van der Waals surface area contributed by atoms with Crippen LogP contribution in [0.5, 0.6) is 0 Å². The number of ether oxygens (including phenoxy) is 1. The van der Waals surface area contributed by atoms with Crippen molar-refractivity contribution in [2.24, 2.45) is 10.4 Å². The van der Waals surface area contributed by atoms with E-state index in [1.807, 2.05) is 30.3 Å². The average molecular weight is 419 g/mol. The highest BCUT2D eigenvalue weighted by Gasteiger charge is 2.33. The highest BCUT2D eigenvalue weighted by molar-refractivity contribution is 14.0. The van der Waals surface area contributed by atoms with E-state index in [-0.39, 0.29) is 41.9 Å². The minimum atomic E-state index is 0. The molecule has 2 rings (SSSR count). The number of aliphatic hydroxyl groups excluding tert-OH is 1. The van der Waals surface area contributed by atoms with Crippen molar-refractivity contribution in [2.45, 2.75) is 12.8 Å². The molecule has 0 aliphatic carbocycles. The minimum absolute atomic E-state index is 0. The molecule has 0 aromatic heterocycles. The SMILES string of the molecule is CN=C(NCC(CO)c1ccccc1)NCC1(C)COC1.I. The molecule has 0 saturated carbocycles. The Labute approximate surface area is 149 Å². The Morgan fingerprint density at radius 3 is 2.50 bits per heavy atom. The van der Waals surface area contributed by atoms with Gasteiger partial charge in [0.1, 0.15) is 0 Å². The standard InChI is InChI=1S/C16H25N3O2.HI/c1-16(11-21-12-16)10-19-15(17-2)18-8-14(9-20)13-6-4-3-5-7-13;/h3-7,14,20H,8-12H2,1-2H3,(H2,17,18,19);1H. The molecule has 0 bridgehead atoms. The van der Waals surface area contributed by atoms with E-state index >= 15 is 0 Å². The van der Waals surface area contributed by atoms with Gasteiger partial charge in [0.2, 0.25) is 0 Å². The van der Waals surface area contributed by atoms with Gasteiger partial charge < -0.3 is 20.5 Å². The fourth-order valence-corrected chi connectivity index (χ4v) is 2.30. The van der Waals surface area contributed by atoms with Gasteiger partial charge in [-0.2, -0.15) is 0 Å². The number of guanidine groups is 1. The summed E-state index contributed by atoms with van der Waals surface area (Å²) in [5.74, 6) is 0.824. The minimum Gasteiger partial charge on any atom is -0.396 e. The maximum atomic E-state index is 9.55. The van der Waals surface area contributed by atoms with E-state index in [1.165, 1.54) is 0 Å². The van der Waals surface area contributed by atoms with Crippen LogP contribution in [0.25, 0.3) is 0 Å². The first kappa shape index (κ1) is 19.2. The molecule has 1 atom stereocenters. The molecule has 1 heterocycles. The van der Waals surface area contributed by atoms with Crippen LogP contribution >= 0.6 is 24.0 Å². The van der Waals surface area contributed by atoms with Gasteiger partial charge in [0, 0.05) is 31.5 Å². The second-order valence-electron chi connectivity index (χ2n) is 5.90. The lowest BCUT2D eigenvalue weighted by atomic mass is 9.89. The van der Waals surface area contributed by atoms with Gasteiger partial charge >= 0.3 is 0 Å². The summed E-state index contributed by atoms with van der Waals surface area (Å²) < 4.78 is 5.24. The predicted octanol–water partition coefficient (Wildman–Crippen LogP) is 1.58. The highest BCUT2D eigenvalue weighted by atomic mass is 127. The monoisotopic (exact) mass is 419 g/mol. The number of benzene rings is 1. The molecule has 124 valence electrons. The van der Waals surface area contributed by atoms with Crippen molar-refractivity contribution >= 4 is 29.9 Å². The first-order valence-corrected chi connectivity index (χ1v) is 7.35. The Bertz CT molecular complexity index is 464. The number of hydrogen-bond donors (Lipinski definition) is 3. The third-order valence-corrected chi connectivity index (χ3v) is 3.81. The zero-order chi connectivity index (χ0) is 15.1. The van der Waals surface area contributed by atoms with Crippen molar-refractivity contribution in [3.8, 4) is 0 Å². The van der Waals surface area contributed by atoms with Gasteiger partial charge in [-0.05, 0) is 5.56 Å². The molecule has 6 heteroatoms. The molecule has 1 saturated heterocycles. The maximum absolute atomic E-state index is 9.55. The molecular formula is C16H26IN3O2. The number of hydrogen-bond acceptors (Lipinski definition) is 3. The average Bonchev–Trinajstić information content (AvgIpc) is 2.50. The number of aliphatic hydroxyl groups is 1. The van der Waals surface area contributed by atoms with E-state index < -0.39 is 0 Å². The zero-order valence-electron chi connectivity index (χ0n) is 13.2. The summed E-state index contributed by atoms with van der Waals surface area (Å²) in [4.78, 5) is 4.22. The number of halogens is 1. The third-order valence-electron chi connectivity index (χ3n) is 3.81. The lowest BCUT2D eigenvalue weighted by Crippen LogP contribution is -2.51. The van der Waals surface area contributed by atoms with Gasteiger partial charge in [-0.15, -0.1) is 24.0 Å². The largest absolute Gasteiger partial charge is 0.396 e. The number of nitrogens with zero attached hydrogens (tertiary/aromatic N) is 1. The first-order chi connectivity index (χ1) is 10.2. The summed E-state index contributed by atoms with van der Waals surface area (Å²) in [6.07, 6.45) is 0. The Hall–Kier alpha value is -0.860. The molecular weight excluding hydrogens is 393 g/mol. The first-order valence-electron chi connectivity index (χ1n) is 7.35. The summed E-state index contributed by atoms with van der Waals surface area (Å²) in [5, 5.41) is 16.2. The van der Waals surface area contributed by atoms with Crippen LogP contribution in [0.2, 0.25) is 0 Å². The zero-order valence-corrected chi connectivity index (χ0v) is 15.5. The van der Waals surface area contributed by atoms with E-state index in [2.05, 4.69) is 22.5 Å². The Kier molecular flexibility index (Phi) is 8.13. The molecule has 1 aliphatic heterocycles. The molecule has 1 unspecified atom stereocenters. The van der Waals surface area contributed by atoms with Gasteiger partial charge in [-0.25, -0.2) is 0 Å². The molecule has 1 aromatic rings. The number of aliphatic imine (C=N–C) groups is 1. The van der Waals surface area contributed by atoms with Gasteiger partial charge in [0.15, 0.2) is 5.96 Å². The fourth-order valence-electron chi connectivity index (χ4n) is 2.30. The Morgan fingerprint density at radius 2 is 2.00 bits per heavy atom. The van der Waals surface area contributed by atoms with Crippen LogP contribution in [-0.4, -0.2) is 51.0 Å². The smallest absolute Gasteiger partial charge is 0.191 e. The molecule has 1 aromatic carbocycles. The molecule has 0 radical (unpaired) electrons. The van der Waals surface area contributed by atoms with E-state index in [4.69, 9.17) is 4.74 Å². The second kappa shape index (κ2) is 9.32. The van der Waals surface area contributed by atoms with Gasteiger partial charge in [-0.1, -0.05) is 37.3 Å². The molecule has 22 heavy (non-hydrogen) atoms. The van der Waals surface area contributed by atoms with Crippen LogP contribution in [0.4, 0.5) is 0 Å². The van der Waals surface area contributed by atoms with Crippen LogP contribution in [0.1, 0.15) is 18.4 Å². The fraction of sp³-hybridized carbons (Fsp3) is 0.562. The van der Waals surface area contributed by atoms with Gasteiger partial charge in [0.05, 0.1) is 19.8 Å². The molecule has 1 fully saturated rings. The normalized spacial score (nSPS) is 17.9. The van der Waals surface area contributed by atoms with E-state index in [9.17, 15) is 5.11 Å². The summed E-state index contributed by atoms with van der Waals surface area (Å²) in [6, 6.07) is 10.0. The topological polar surface area (TPSA) is 65.9 Å². The van der Waals surface area contributed by atoms with Crippen molar-refractivity contribution < 1.29 is 9.84 Å². The third kappa shape index (κ3) is 5.40. The van der Waals surface area contributed by atoms with Crippen molar-refractivity contribution in [3.05, 3.63) is 35.9 Å². The summed E-state index contributed by atoms with van der Waals surface area (Å²) in [6.45, 7) is 5.37. The molecule has 3 N–H and O–H groups in total. The van der Waals surface area contributed by atoms with Crippen molar-refractivity contribution in [3.63, 3.8) is 0 Å². The van der Waals surface area contributed by atoms with Crippen molar-refractivity contribution in [1.82, 2.24) is 10.6 Å². The molecule has 0 amide bonds. The Balaban J connectivity index is 0.00000242. The van der Waals surface area contributed by atoms with E-state index in [0.29, 0.717) is 6.54 Å². The van der Waals surface area contributed by atoms with Gasteiger partial charge in [-0.3, -0.25) is 4.99 Å². The lowest BCUT2D eigenvalue weighted by molar-refractivity contribution is -0.0971. The van der Waals surface area contributed by atoms with Crippen LogP contribution in [0, 0.1) is 5.41 Å². The number of nitrogens with one attached hydrogen (secondary N) is 2. The molecule has 0 spiro atoms. The predicted molar refractivity (Wildman–Crippen MR) is 100.0 cm³/mol. The van der Waals surface area contributed by atoms with Gasteiger partial charge in [0.25, 0.3) is 0 Å². The second-order valence-corrected chi connectivity index (χ2v) is 5.90. The molecule has 1 aliphatic rings. The van der Waals surface area contributed by atoms with Crippen molar-refractivity contribution in [1.29, 1.82) is 0 Å². The highest BCUT2D eigenvalue weighted by Crippen LogP contribution is 2.24. The van der Waals surface area contributed by atoms with E-state index in [0.717, 1.165) is 31.3 Å². The lowest BCUT2D eigenvalue weighted by Gasteiger charge is -2.38. The van der Waals surface area contributed by atoms with Crippen LogP contribution < -0.4 is 10.6 Å². The summed E-state index contributed by atoms with van der Waals surface area (Å²) in [7, 11) is 1.76. The Morgan fingerprint density at radius 1 is 1.32 bits per heavy atom. The van der Waals surface area contributed by atoms with Crippen molar-refractivity contribution in [2.75, 3.05) is 40.0 Å².